The number of hydrogen-bond acceptors (Lipinski definition) is 4. The molecule has 0 aliphatic carbocycles. The number of rotatable bonds is 3. The second kappa shape index (κ2) is 5.48. The van der Waals surface area contributed by atoms with E-state index in [1.807, 2.05) is 24.5 Å². The number of benzene rings is 1. The molecule has 2 rings (SSSR count). The maximum absolute atomic E-state index is 5.37. The van der Waals surface area contributed by atoms with Gasteiger partial charge in [-0.1, -0.05) is 18.2 Å². The summed E-state index contributed by atoms with van der Waals surface area (Å²) in [7, 11) is 0. The Bertz CT molecular complexity index is 626. The van der Waals surface area contributed by atoms with Crippen molar-refractivity contribution in [2.24, 2.45) is 0 Å². The Morgan fingerprint density at radius 1 is 1.21 bits per heavy atom. The smallest absolute Gasteiger partial charge is 0.227 e. The highest BCUT2D eigenvalue weighted by molar-refractivity contribution is 7.71. The Balaban J connectivity index is 2.50. The lowest BCUT2D eigenvalue weighted by molar-refractivity contribution is 0.833. The van der Waals surface area contributed by atoms with Crippen molar-refractivity contribution in [2.45, 2.75) is 33.7 Å². The van der Waals surface area contributed by atoms with Gasteiger partial charge in [-0.3, -0.25) is 4.57 Å². The van der Waals surface area contributed by atoms with E-state index < -0.39 is 0 Å². The minimum Gasteiger partial charge on any atom is -0.352 e. The number of aryl methyl sites for hydroxylation is 2. The minimum atomic E-state index is 0.283. The molecular formula is C14H18N4S. The summed E-state index contributed by atoms with van der Waals surface area (Å²) >= 11 is 5.37. The van der Waals surface area contributed by atoms with Crippen molar-refractivity contribution >= 4 is 18.2 Å². The molecule has 0 amide bonds. The van der Waals surface area contributed by atoms with E-state index in [1.165, 1.54) is 0 Å². The molecule has 1 aromatic heterocycles. The van der Waals surface area contributed by atoms with Crippen LogP contribution in [0.4, 0.5) is 5.95 Å². The molecular weight excluding hydrogens is 256 g/mol. The van der Waals surface area contributed by atoms with Gasteiger partial charge < -0.3 is 5.32 Å². The maximum atomic E-state index is 5.37. The molecule has 0 saturated heterocycles. The van der Waals surface area contributed by atoms with Crippen molar-refractivity contribution in [3.63, 3.8) is 0 Å². The van der Waals surface area contributed by atoms with Crippen LogP contribution in [0.3, 0.4) is 0 Å². The third kappa shape index (κ3) is 2.98. The summed E-state index contributed by atoms with van der Waals surface area (Å²) in [6.45, 7) is 8.20. The van der Waals surface area contributed by atoms with E-state index in [1.54, 1.807) is 6.33 Å². The first-order valence-corrected chi connectivity index (χ1v) is 6.68. The monoisotopic (exact) mass is 274 g/mol. The summed E-state index contributed by atoms with van der Waals surface area (Å²) in [6, 6.07) is 6.44. The van der Waals surface area contributed by atoms with Gasteiger partial charge in [0.05, 0.1) is 5.69 Å². The normalized spacial score (nSPS) is 10.8. The Hall–Kier alpha value is -1.75. The van der Waals surface area contributed by atoms with Crippen LogP contribution in [0.1, 0.15) is 25.0 Å². The minimum absolute atomic E-state index is 0.283. The molecule has 1 aromatic carbocycles. The first-order valence-electron chi connectivity index (χ1n) is 6.28. The standard InChI is InChI=1S/C14H18N4S/c1-9(2)16-13-15-8-18(14(19)17-13)12-10(3)6-5-7-11(12)4/h5-9H,1-4H3,(H,16,17,19). The number of hydrogen-bond donors (Lipinski definition) is 1. The SMILES string of the molecule is Cc1cccc(C)c1-n1cnc(NC(C)C)nc1=S. The average Bonchev–Trinajstić information content (AvgIpc) is 2.30. The van der Waals surface area contributed by atoms with E-state index in [2.05, 4.69) is 41.3 Å². The van der Waals surface area contributed by atoms with Crippen LogP contribution in [0.15, 0.2) is 24.5 Å². The highest BCUT2D eigenvalue weighted by Gasteiger charge is 2.07. The number of aromatic nitrogens is 3. The first kappa shape index (κ1) is 13.7. The van der Waals surface area contributed by atoms with Gasteiger partial charge in [0.25, 0.3) is 0 Å². The van der Waals surface area contributed by atoms with Crippen molar-refractivity contribution in [1.82, 2.24) is 14.5 Å². The van der Waals surface area contributed by atoms with Crippen molar-refractivity contribution in [3.8, 4) is 5.69 Å². The molecule has 0 atom stereocenters. The van der Waals surface area contributed by atoms with E-state index in [0.717, 1.165) is 16.8 Å². The summed E-state index contributed by atoms with van der Waals surface area (Å²) in [5.74, 6) is 0.572. The molecule has 0 aliphatic heterocycles. The molecule has 1 heterocycles. The molecule has 0 unspecified atom stereocenters. The van der Waals surface area contributed by atoms with Crippen LogP contribution in [-0.2, 0) is 0 Å². The fourth-order valence-electron chi connectivity index (χ4n) is 2.00. The van der Waals surface area contributed by atoms with Gasteiger partial charge in [0.15, 0.2) is 0 Å². The second-order valence-corrected chi connectivity index (χ2v) is 5.24. The molecule has 2 aromatic rings. The summed E-state index contributed by atoms with van der Waals surface area (Å²) in [5, 5.41) is 3.15. The molecule has 4 nitrogen and oxygen atoms in total. The van der Waals surface area contributed by atoms with Gasteiger partial charge in [-0.15, -0.1) is 0 Å². The molecule has 0 fully saturated rings. The van der Waals surface area contributed by atoms with Crippen LogP contribution in [0, 0.1) is 18.6 Å². The quantitative estimate of drug-likeness (QED) is 0.871. The predicted molar refractivity (Wildman–Crippen MR) is 80.4 cm³/mol. The Morgan fingerprint density at radius 2 is 1.84 bits per heavy atom. The van der Waals surface area contributed by atoms with Gasteiger partial charge in [0, 0.05) is 6.04 Å². The first-order chi connectivity index (χ1) is 8.99. The number of anilines is 1. The molecule has 0 bridgehead atoms. The van der Waals surface area contributed by atoms with Crippen LogP contribution >= 0.6 is 12.2 Å². The molecule has 0 radical (unpaired) electrons. The van der Waals surface area contributed by atoms with Crippen molar-refractivity contribution in [3.05, 3.63) is 40.4 Å². The van der Waals surface area contributed by atoms with Crippen molar-refractivity contribution < 1.29 is 0 Å². The summed E-state index contributed by atoms with van der Waals surface area (Å²) < 4.78 is 2.36. The number of para-hydroxylation sites is 1. The predicted octanol–water partition coefficient (Wildman–Crippen LogP) is 3.43. The van der Waals surface area contributed by atoms with Gasteiger partial charge in [0.1, 0.15) is 6.33 Å². The third-order valence-electron chi connectivity index (χ3n) is 2.80. The molecule has 0 saturated carbocycles. The van der Waals surface area contributed by atoms with Gasteiger partial charge in [-0.25, -0.2) is 4.98 Å². The summed E-state index contributed by atoms with van der Waals surface area (Å²) in [6.07, 6.45) is 1.73. The molecule has 19 heavy (non-hydrogen) atoms. The van der Waals surface area contributed by atoms with E-state index in [9.17, 15) is 0 Å². The maximum Gasteiger partial charge on any atom is 0.227 e. The number of nitrogens with one attached hydrogen (secondary N) is 1. The summed E-state index contributed by atoms with van der Waals surface area (Å²) in [4.78, 5) is 8.64. The molecule has 0 aliphatic rings. The van der Waals surface area contributed by atoms with Crippen LogP contribution < -0.4 is 5.32 Å². The Labute approximate surface area is 118 Å². The lowest BCUT2D eigenvalue weighted by atomic mass is 10.1. The van der Waals surface area contributed by atoms with Crippen LogP contribution in [0.2, 0.25) is 0 Å². The van der Waals surface area contributed by atoms with E-state index in [4.69, 9.17) is 12.2 Å². The zero-order valence-corrected chi connectivity index (χ0v) is 12.5. The average molecular weight is 274 g/mol. The van der Waals surface area contributed by atoms with E-state index in [-0.39, 0.29) is 6.04 Å². The van der Waals surface area contributed by atoms with Gasteiger partial charge >= 0.3 is 0 Å². The molecule has 100 valence electrons. The highest BCUT2D eigenvalue weighted by atomic mass is 32.1. The lowest BCUT2D eigenvalue weighted by Crippen LogP contribution is -2.14. The zero-order chi connectivity index (χ0) is 14.0. The largest absolute Gasteiger partial charge is 0.352 e. The van der Waals surface area contributed by atoms with E-state index >= 15 is 0 Å². The zero-order valence-electron chi connectivity index (χ0n) is 11.6. The van der Waals surface area contributed by atoms with Gasteiger partial charge in [-0.05, 0) is 51.0 Å². The van der Waals surface area contributed by atoms with Crippen LogP contribution in [0.5, 0.6) is 0 Å². The lowest BCUT2D eigenvalue weighted by Gasteiger charge is -2.14. The second-order valence-electron chi connectivity index (χ2n) is 4.87. The van der Waals surface area contributed by atoms with Crippen LogP contribution in [-0.4, -0.2) is 20.6 Å². The van der Waals surface area contributed by atoms with Crippen molar-refractivity contribution in [1.29, 1.82) is 0 Å². The van der Waals surface area contributed by atoms with Crippen LogP contribution in [0.25, 0.3) is 5.69 Å². The Kier molecular flexibility index (Phi) is 3.95. The van der Waals surface area contributed by atoms with Gasteiger partial charge in [0.2, 0.25) is 10.7 Å². The number of nitrogens with zero attached hydrogens (tertiary/aromatic N) is 3. The van der Waals surface area contributed by atoms with E-state index in [0.29, 0.717) is 10.7 Å². The highest BCUT2D eigenvalue weighted by Crippen LogP contribution is 2.18. The summed E-state index contributed by atoms with van der Waals surface area (Å²) in [5.41, 5.74) is 3.37. The fraction of sp³-hybridized carbons (Fsp3) is 0.357. The van der Waals surface area contributed by atoms with Gasteiger partial charge in [-0.2, -0.15) is 4.98 Å². The van der Waals surface area contributed by atoms with Crippen molar-refractivity contribution in [2.75, 3.05) is 5.32 Å². The topological polar surface area (TPSA) is 42.7 Å². The fourth-order valence-corrected chi connectivity index (χ4v) is 2.23. The third-order valence-corrected chi connectivity index (χ3v) is 3.09. The molecule has 5 heteroatoms. The Morgan fingerprint density at radius 3 is 2.37 bits per heavy atom. The molecule has 0 spiro atoms. The molecule has 1 N–H and O–H groups in total.